The summed E-state index contributed by atoms with van der Waals surface area (Å²) in [5.41, 5.74) is 5.73. The number of ether oxygens (including phenoxy) is 2. The van der Waals surface area contributed by atoms with Crippen LogP contribution in [-0.4, -0.2) is 41.8 Å². The van der Waals surface area contributed by atoms with E-state index in [4.69, 9.17) is 15.2 Å². The molecule has 8 heteroatoms. The molecule has 3 N–H and O–H groups in total. The topological polar surface area (TPSA) is 117 Å². The zero-order valence-electron chi connectivity index (χ0n) is 14.4. The van der Waals surface area contributed by atoms with Gasteiger partial charge in [-0.3, -0.25) is 14.9 Å². The molecule has 0 radical (unpaired) electrons. The molecule has 136 valence electrons. The second kappa shape index (κ2) is 6.61. The summed E-state index contributed by atoms with van der Waals surface area (Å²) in [6, 6.07) is 2.75. The van der Waals surface area contributed by atoms with Crippen LogP contribution in [0.25, 0.3) is 0 Å². The molecule has 1 heterocycles. The van der Waals surface area contributed by atoms with Crippen molar-refractivity contribution in [2.75, 3.05) is 18.9 Å². The number of nitro groups is 1. The molecular weight excluding hydrogens is 326 g/mol. The van der Waals surface area contributed by atoms with E-state index in [1.54, 1.807) is 13.0 Å². The molecule has 8 nitrogen and oxygen atoms in total. The van der Waals surface area contributed by atoms with Crippen LogP contribution < -0.4 is 11.1 Å². The number of amides is 1. The van der Waals surface area contributed by atoms with E-state index in [9.17, 15) is 14.9 Å². The Morgan fingerprint density at radius 1 is 1.56 bits per heavy atom. The third-order valence-electron chi connectivity index (χ3n) is 5.08. The molecule has 1 saturated carbocycles. The highest BCUT2D eigenvalue weighted by atomic mass is 16.6. The van der Waals surface area contributed by atoms with E-state index in [0.717, 1.165) is 12.8 Å². The summed E-state index contributed by atoms with van der Waals surface area (Å²) in [5.74, 6) is -0.417. The van der Waals surface area contributed by atoms with Gasteiger partial charge in [-0.05, 0) is 44.7 Å². The zero-order chi connectivity index (χ0) is 18.2. The number of rotatable bonds is 5. The minimum Gasteiger partial charge on any atom is -0.393 e. The van der Waals surface area contributed by atoms with Crippen molar-refractivity contribution in [2.24, 2.45) is 0 Å². The lowest BCUT2D eigenvalue weighted by Gasteiger charge is -2.52. The summed E-state index contributed by atoms with van der Waals surface area (Å²) in [5, 5.41) is 14.1. The molecule has 1 saturated heterocycles. The van der Waals surface area contributed by atoms with Gasteiger partial charge in [0.1, 0.15) is 11.3 Å². The molecule has 25 heavy (non-hydrogen) atoms. The van der Waals surface area contributed by atoms with E-state index in [1.807, 2.05) is 6.92 Å². The van der Waals surface area contributed by atoms with Crippen molar-refractivity contribution in [2.45, 2.75) is 50.9 Å². The molecule has 2 fully saturated rings. The van der Waals surface area contributed by atoms with Gasteiger partial charge in [-0.1, -0.05) is 0 Å². The maximum absolute atomic E-state index is 12.7. The van der Waals surface area contributed by atoms with Crippen LogP contribution in [0.5, 0.6) is 0 Å². The molecule has 1 spiro atoms. The van der Waals surface area contributed by atoms with Gasteiger partial charge in [-0.2, -0.15) is 0 Å². The molecule has 1 aliphatic heterocycles. The van der Waals surface area contributed by atoms with Crippen LogP contribution in [0.15, 0.2) is 12.1 Å². The molecule has 0 aromatic heterocycles. The summed E-state index contributed by atoms with van der Waals surface area (Å²) in [6.07, 6.45) is 2.38. The molecule has 1 aliphatic carbocycles. The molecule has 3 atom stereocenters. The van der Waals surface area contributed by atoms with Gasteiger partial charge in [-0.15, -0.1) is 0 Å². The third kappa shape index (κ3) is 2.96. The standard InChI is InChI=1S/C17H23N3O5/c1-3-24-14-9-13(17(14)5-4-6-25-17)19-16(21)11-7-10(2)8-12(15(11)18)20(22)23/h7-8,13-14H,3-6,9,18H2,1-2H3,(H,19,21). The Balaban J connectivity index is 1.80. The Bertz CT molecular complexity index is 700. The van der Waals surface area contributed by atoms with Gasteiger partial charge in [-0.25, -0.2) is 0 Å². The van der Waals surface area contributed by atoms with Crippen LogP contribution in [0.3, 0.4) is 0 Å². The number of anilines is 1. The average Bonchev–Trinajstić information content (AvgIpc) is 3.08. The van der Waals surface area contributed by atoms with Crippen molar-refractivity contribution in [3.63, 3.8) is 0 Å². The number of nitro benzene ring substituents is 1. The monoisotopic (exact) mass is 349 g/mol. The number of nitrogen functional groups attached to an aromatic ring is 1. The summed E-state index contributed by atoms with van der Waals surface area (Å²) >= 11 is 0. The second-order valence-corrected chi connectivity index (χ2v) is 6.62. The first-order chi connectivity index (χ1) is 11.9. The first kappa shape index (κ1) is 17.6. The Hall–Kier alpha value is -2.19. The van der Waals surface area contributed by atoms with Gasteiger partial charge < -0.3 is 20.5 Å². The predicted octanol–water partition coefficient (Wildman–Crippen LogP) is 1.94. The first-order valence-electron chi connectivity index (χ1n) is 8.50. The number of carbonyl (C=O) groups excluding carboxylic acids is 1. The SMILES string of the molecule is CCOC1CC(NC(=O)c2cc(C)cc([N+](=O)[O-])c2N)C12CCCO2. The Morgan fingerprint density at radius 3 is 2.92 bits per heavy atom. The van der Waals surface area contributed by atoms with E-state index in [2.05, 4.69) is 5.32 Å². The fraction of sp³-hybridized carbons (Fsp3) is 0.588. The van der Waals surface area contributed by atoms with Crippen molar-refractivity contribution >= 4 is 17.3 Å². The molecule has 3 unspecified atom stereocenters. The Kier molecular flexibility index (Phi) is 4.66. The molecule has 3 rings (SSSR count). The molecule has 1 amide bonds. The zero-order valence-corrected chi connectivity index (χ0v) is 14.4. The fourth-order valence-electron chi connectivity index (χ4n) is 3.83. The van der Waals surface area contributed by atoms with Gasteiger partial charge >= 0.3 is 0 Å². The van der Waals surface area contributed by atoms with Gasteiger partial charge in [0.15, 0.2) is 0 Å². The maximum atomic E-state index is 12.7. The summed E-state index contributed by atoms with van der Waals surface area (Å²) in [4.78, 5) is 23.2. The van der Waals surface area contributed by atoms with Crippen molar-refractivity contribution < 1.29 is 19.2 Å². The fourth-order valence-corrected chi connectivity index (χ4v) is 3.83. The minimum atomic E-state index is -0.574. The summed E-state index contributed by atoms with van der Waals surface area (Å²) in [6.45, 7) is 4.86. The number of nitrogens with zero attached hydrogens (tertiary/aromatic N) is 1. The normalized spacial score (nSPS) is 27.9. The number of carbonyl (C=O) groups is 1. The number of nitrogens with one attached hydrogen (secondary N) is 1. The van der Waals surface area contributed by atoms with E-state index < -0.39 is 16.4 Å². The largest absolute Gasteiger partial charge is 0.393 e. The van der Waals surface area contributed by atoms with Crippen LogP contribution in [0, 0.1) is 17.0 Å². The average molecular weight is 349 g/mol. The van der Waals surface area contributed by atoms with Gasteiger partial charge in [0.2, 0.25) is 0 Å². The Labute approximate surface area is 145 Å². The van der Waals surface area contributed by atoms with E-state index in [1.165, 1.54) is 6.07 Å². The summed E-state index contributed by atoms with van der Waals surface area (Å²) in [7, 11) is 0. The van der Waals surface area contributed by atoms with Crippen molar-refractivity contribution in [1.29, 1.82) is 0 Å². The lowest BCUT2D eigenvalue weighted by Crippen LogP contribution is -2.69. The van der Waals surface area contributed by atoms with Gasteiger partial charge in [0.05, 0.1) is 22.6 Å². The highest BCUT2D eigenvalue weighted by Crippen LogP contribution is 2.45. The van der Waals surface area contributed by atoms with Gasteiger partial charge in [0.25, 0.3) is 11.6 Å². The number of nitrogens with two attached hydrogens (primary N) is 1. The smallest absolute Gasteiger partial charge is 0.293 e. The summed E-state index contributed by atoms with van der Waals surface area (Å²) < 4.78 is 11.7. The van der Waals surface area contributed by atoms with Crippen LogP contribution in [0.4, 0.5) is 11.4 Å². The molecule has 1 aromatic rings. The highest BCUT2D eigenvalue weighted by molar-refractivity contribution is 6.01. The molecule has 1 aromatic carbocycles. The third-order valence-corrected chi connectivity index (χ3v) is 5.08. The predicted molar refractivity (Wildman–Crippen MR) is 91.4 cm³/mol. The molecular formula is C17H23N3O5. The number of benzene rings is 1. The molecule has 2 aliphatic rings. The lowest BCUT2D eigenvalue weighted by molar-refractivity contribution is -0.384. The van der Waals surface area contributed by atoms with Crippen LogP contribution in [0.2, 0.25) is 0 Å². The van der Waals surface area contributed by atoms with Crippen LogP contribution >= 0.6 is 0 Å². The lowest BCUT2D eigenvalue weighted by atomic mass is 9.70. The highest BCUT2D eigenvalue weighted by Gasteiger charge is 2.59. The van der Waals surface area contributed by atoms with Crippen LogP contribution in [-0.2, 0) is 9.47 Å². The van der Waals surface area contributed by atoms with E-state index in [0.29, 0.717) is 25.2 Å². The number of aryl methyl sites for hydroxylation is 1. The minimum absolute atomic E-state index is 0.0329. The van der Waals surface area contributed by atoms with Gasteiger partial charge in [0, 0.05) is 19.3 Å². The van der Waals surface area contributed by atoms with Crippen molar-refractivity contribution in [3.8, 4) is 0 Å². The quantitative estimate of drug-likeness (QED) is 0.477. The number of hydrogen-bond acceptors (Lipinski definition) is 6. The Morgan fingerprint density at radius 2 is 2.32 bits per heavy atom. The first-order valence-corrected chi connectivity index (χ1v) is 8.50. The van der Waals surface area contributed by atoms with E-state index >= 15 is 0 Å². The van der Waals surface area contributed by atoms with E-state index in [-0.39, 0.29) is 29.1 Å². The second-order valence-electron chi connectivity index (χ2n) is 6.62. The maximum Gasteiger partial charge on any atom is 0.293 e. The van der Waals surface area contributed by atoms with Crippen molar-refractivity contribution in [1.82, 2.24) is 5.32 Å². The van der Waals surface area contributed by atoms with Crippen molar-refractivity contribution in [3.05, 3.63) is 33.4 Å². The molecule has 0 bridgehead atoms. The van der Waals surface area contributed by atoms with Crippen LogP contribution in [0.1, 0.15) is 42.1 Å². The number of hydrogen-bond donors (Lipinski definition) is 2.